The molecule has 8 nitrogen and oxygen atoms in total. The van der Waals surface area contributed by atoms with Gasteiger partial charge in [0.2, 0.25) is 5.91 Å². The Morgan fingerprint density at radius 2 is 2.17 bits per heavy atom. The molecule has 156 valence electrons. The first-order valence-corrected chi connectivity index (χ1v) is 9.65. The molecule has 0 aliphatic carbocycles. The van der Waals surface area contributed by atoms with Crippen LogP contribution in [0.2, 0.25) is 0 Å². The maximum atomic E-state index is 14.4. The zero-order valence-electron chi connectivity index (χ0n) is 16.9. The molecule has 1 unspecified atom stereocenters. The largest absolute Gasteiger partial charge is 0.382 e. The predicted molar refractivity (Wildman–Crippen MR) is 111 cm³/mol. The monoisotopic (exact) mass is 410 g/mol. The second-order valence-electron chi connectivity index (χ2n) is 7.38. The first-order chi connectivity index (χ1) is 14.4. The molecule has 30 heavy (non-hydrogen) atoms. The number of amides is 1. The minimum atomic E-state index is -0.356. The van der Waals surface area contributed by atoms with E-state index >= 15 is 0 Å². The average Bonchev–Trinajstić information content (AvgIpc) is 2.73. The molecule has 0 saturated carbocycles. The minimum Gasteiger partial charge on any atom is -0.382 e. The average molecular weight is 410 g/mol. The van der Waals surface area contributed by atoms with Crippen molar-refractivity contribution in [2.45, 2.75) is 19.7 Å². The standard InChI is InChI=1S/C21H23FN6O2/c1-13(29)28-5-6-30-19(11-28)27(2)10-14-7-15(9-16(22)8-14)17-3-4-18-20(26-17)21(23)25-12-24-18/h3-4,7-9,12,19H,5-6,10-11H2,1-2H3,(H2,23,24,25). The lowest BCUT2D eigenvalue weighted by Gasteiger charge is -2.37. The summed E-state index contributed by atoms with van der Waals surface area (Å²) >= 11 is 0. The molecule has 0 radical (unpaired) electrons. The summed E-state index contributed by atoms with van der Waals surface area (Å²) in [5.41, 5.74) is 9.02. The lowest BCUT2D eigenvalue weighted by atomic mass is 10.1. The van der Waals surface area contributed by atoms with Crippen LogP contribution in [0.4, 0.5) is 10.2 Å². The van der Waals surface area contributed by atoms with Crippen LogP contribution in [0.15, 0.2) is 36.7 Å². The molecule has 1 aliphatic rings. The van der Waals surface area contributed by atoms with E-state index in [4.69, 9.17) is 10.5 Å². The van der Waals surface area contributed by atoms with Gasteiger partial charge in [0.05, 0.1) is 24.4 Å². The fourth-order valence-corrected chi connectivity index (χ4v) is 3.58. The van der Waals surface area contributed by atoms with Crippen LogP contribution in [0.25, 0.3) is 22.3 Å². The van der Waals surface area contributed by atoms with E-state index in [1.807, 2.05) is 18.0 Å². The fraction of sp³-hybridized carbons (Fsp3) is 0.333. The van der Waals surface area contributed by atoms with E-state index in [1.54, 1.807) is 24.0 Å². The number of fused-ring (bicyclic) bond motifs is 1. The number of aromatic nitrogens is 3. The molecule has 4 rings (SSSR count). The molecule has 1 aromatic carbocycles. The quantitative estimate of drug-likeness (QED) is 0.703. The predicted octanol–water partition coefficient (Wildman–Crippen LogP) is 2.05. The molecule has 2 aromatic heterocycles. The molecular weight excluding hydrogens is 387 g/mol. The lowest BCUT2D eigenvalue weighted by molar-refractivity contribution is -0.146. The first-order valence-electron chi connectivity index (χ1n) is 9.65. The number of halogens is 1. The van der Waals surface area contributed by atoms with E-state index in [1.165, 1.54) is 18.5 Å². The number of hydrogen-bond donors (Lipinski definition) is 1. The Labute approximate surface area is 173 Å². The van der Waals surface area contributed by atoms with Crippen molar-refractivity contribution in [3.8, 4) is 11.3 Å². The number of hydrogen-bond acceptors (Lipinski definition) is 7. The third-order valence-corrected chi connectivity index (χ3v) is 5.18. The first kappa shape index (κ1) is 20.1. The molecular formula is C21H23FN6O2. The molecule has 1 amide bonds. The zero-order valence-corrected chi connectivity index (χ0v) is 16.9. The Hall–Kier alpha value is -3.17. The Morgan fingerprint density at radius 1 is 1.33 bits per heavy atom. The minimum absolute atomic E-state index is 0.0235. The Morgan fingerprint density at radius 3 is 2.97 bits per heavy atom. The third kappa shape index (κ3) is 4.22. The molecule has 2 N–H and O–H groups in total. The van der Waals surface area contributed by atoms with E-state index in [9.17, 15) is 9.18 Å². The van der Waals surface area contributed by atoms with Gasteiger partial charge < -0.3 is 15.4 Å². The maximum absolute atomic E-state index is 14.4. The van der Waals surface area contributed by atoms with Crippen molar-refractivity contribution in [2.24, 2.45) is 0 Å². The SMILES string of the molecule is CC(=O)N1CCOC(N(C)Cc2cc(F)cc(-c3ccc4ncnc(N)c4n3)c2)C1. The second-order valence-corrected chi connectivity index (χ2v) is 7.38. The number of morpholine rings is 1. The summed E-state index contributed by atoms with van der Waals surface area (Å²) in [5.74, 6) is -0.0527. The van der Waals surface area contributed by atoms with Crippen molar-refractivity contribution in [1.82, 2.24) is 24.8 Å². The van der Waals surface area contributed by atoms with Crippen molar-refractivity contribution >= 4 is 22.8 Å². The summed E-state index contributed by atoms with van der Waals surface area (Å²) in [6.45, 7) is 3.56. The number of ether oxygens (including phenoxy) is 1. The molecule has 1 saturated heterocycles. The molecule has 3 aromatic rings. The smallest absolute Gasteiger partial charge is 0.219 e. The number of benzene rings is 1. The van der Waals surface area contributed by atoms with Crippen molar-refractivity contribution in [1.29, 1.82) is 0 Å². The number of nitrogens with two attached hydrogens (primary N) is 1. The van der Waals surface area contributed by atoms with Crippen LogP contribution >= 0.6 is 0 Å². The number of anilines is 1. The molecule has 1 atom stereocenters. The highest BCUT2D eigenvalue weighted by Crippen LogP contribution is 2.25. The summed E-state index contributed by atoms with van der Waals surface area (Å²) in [5, 5.41) is 0. The van der Waals surface area contributed by atoms with Gasteiger partial charge in [0, 0.05) is 25.6 Å². The summed E-state index contributed by atoms with van der Waals surface area (Å²) in [4.78, 5) is 28.0. The van der Waals surface area contributed by atoms with E-state index in [0.717, 1.165) is 5.56 Å². The lowest BCUT2D eigenvalue weighted by Crippen LogP contribution is -2.50. The van der Waals surface area contributed by atoms with Crippen molar-refractivity contribution in [2.75, 3.05) is 32.5 Å². The van der Waals surface area contributed by atoms with E-state index in [2.05, 4.69) is 15.0 Å². The van der Waals surface area contributed by atoms with Crippen LogP contribution in [0, 0.1) is 5.82 Å². The van der Waals surface area contributed by atoms with Gasteiger partial charge in [-0.1, -0.05) is 0 Å². The highest BCUT2D eigenvalue weighted by Gasteiger charge is 2.25. The second kappa shape index (κ2) is 8.29. The molecule has 0 bridgehead atoms. The van der Waals surface area contributed by atoms with Crippen LogP contribution in [-0.2, 0) is 16.1 Å². The van der Waals surface area contributed by atoms with Crippen LogP contribution < -0.4 is 5.73 Å². The molecule has 0 spiro atoms. The Balaban J connectivity index is 1.58. The van der Waals surface area contributed by atoms with Gasteiger partial charge in [-0.05, 0) is 42.9 Å². The van der Waals surface area contributed by atoms with Crippen molar-refractivity contribution < 1.29 is 13.9 Å². The van der Waals surface area contributed by atoms with Gasteiger partial charge in [-0.2, -0.15) is 0 Å². The van der Waals surface area contributed by atoms with Gasteiger partial charge in [0.25, 0.3) is 0 Å². The van der Waals surface area contributed by atoms with Gasteiger partial charge >= 0.3 is 0 Å². The summed E-state index contributed by atoms with van der Waals surface area (Å²) in [7, 11) is 1.89. The fourth-order valence-electron chi connectivity index (χ4n) is 3.58. The van der Waals surface area contributed by atoms with Crippen LogP contribution in [-0.4, -0.2) is 63.6 Å². The van der Waals surface area contributed by atoms with Crippen molar-refractivity contribution in [3.63, 3.8) is 0 Å². The van der Waals surface area contributed by atoms with Gasteiger partial charge in [-0.3, -0.25) is 9.69 Å². The number of nitrogen functional groups attached to an aromatic ring is 1. The molecule has 3 heterocycles. The third-order valence-electron chi connectivity index (χ3n) is 5.18. The Kier molecular flexibility index (Phi) is 5.56. The Bertz CT molecular complexity index is 1090. The maximum Gasteiger partial charge on any atom is 0.219 e. The van der Waals surface area contributed by atoms with Gasteiger partial charge in [-0.25, -0.2) is 19.3 Å². The number of carbonyl (C=O) groups is 1. The number of pyridine rings is 1. The molecule has 9 heteroatoms. The summed E-state index contributed by atoms with van der Waals surface area (Å²) in [6, 6.07) is 8.39. The van der Waals surface area contributed by atoms with E-state index in [-0.39, 0.29) is 23.8 Å². The summed E-state index contributed by atoms with van der Waals surface area (Å²) < 4.78 is 20.2. The van der Waals surface area contributed by atoms with Crippen molar-refractivity contribution in [3.05, 3.63) is 48.0 Å². The number of rotatable bonds is 4. The highest BCUT2D eigenvalue weighted by molar-refractivity contribution is 5.85. The molecule has 1 aliphatic heterocycles. The zero-order chi connectivity index (χ0) is 21.3. The summed E-state index contributed by atoms with van der Waals surface area (Å²) in [6.07, 6.45) is 1.14. The number of carbonyl (C=O) groups excluding carboxylic acids is 1. The van der Waals surface area contributed by atoms with Crippen LogP contribution in [0.3, 0.4) is 0 Å². The number of likely N-dealkylation sites (N-methyl/N-ethyl adjacent to an activating group) is 1. The topological polar surface area (TPSA) is 97.5 Å². The van der Waals surface area contributed by atoms with Gasteiger partial charge in [0.15, 0.2) is 5.82 Å². The normalized spacial score (nSPS) is 16.9. The van der Waals surface area contributed by atoms with Crippen LogP contribution in [0.1, 0.15) is 12.5 Å². The highest BCUT2D eigenvalue weighted by atomic mass is 19.1. The molecule has 1 fully saturated rings. The van der Waals surface area contributed by atoms with Crippen LogP contribution in [0.5, 0.6) is 0 Å². The van der Waals surface area contributed by atoms with E-state index < -0.39 is 0 Å². The van der Waals surface area contributed by atoms with Gasteiger partial charge in [0.1, 0.15) is 23.9 Å². The van der Waals surface area contributed by atoms with E-state index in [0.29, 0.717) is 48.5 Å². The number of nitrogens with zero attached hydrogens (tertiary/aromatic N) is 5. The van der Waals surface area contributed by atoms with Gasteiger partial charge in [-0.15, -0.1) is 0 Å².